The van der Waals surface area contributed by atoms with Gasteiger partial charge in [0, 0.05) is 12.4 Å². The summed E-state index contributed by atoms with van der Waals surface area (Å²) in [6.07, 6.45) is 11.7. The summed E-state index contributed by atoms with van der Waals surface area (Å²) in [5, 5.41) is 19.5. The van der Waals surface area contributed by atoms with Gasteiger partial charge in [0.25, 0.3) is 0 Å². The normalized spacial score (nSPS) is 13.5. The van der Waals surface area contributed by atoms with Crippen molar-refractivity contribution < 1.29 is 29.3 Å². The number of allylic oxidation sites excluding steroid dienone is 1. The summed E-state index contributed by atoms with van der Waals surface area (Å²) in [5.74, 6) is -4.52. The molecule has 0 saturated carbocycles. The molecule has 0 amide bonds. The van der Waals surface area contributed by atoms with Gasteiger partial charge < -0.3 is 19.7 Å². The van der Waals surface area contributed by atoms with Crippen molar-refractivity contribution in [3.05, 3.63) is 12.2 Å². The Kier molecular flexibility index (Phi) is 13.4. The van der Waals surface area contributed by atoms with E-state index in [1.165, 1.54) is 51.5 Å². The number of hydrogen-bond acceptors (Lipinski definition) is 5. The molecule has 0 fully saturated rings. The Bertz CT molecular complexity index is 430. The lowest BCUT2D eigenvalue weighted by Crippen LogP contribution is -2.32. The van der Waals surface area contributed by atoms with E-state index in [0.717, 1.165) is 19.3 Å². The van der Waals surface area contributed by atoms with Crippen molar-refractivity contribution in [3.8, 4) is 0 Å². The highest BCUT2D eigenvalue weighted by molar-refractivity contribution is 5.82. The third kappa shape index (κ3) is 13.2. The first kappa shape index (κ1) is 23.1. The maximum atomic E-state index is 11.9. The summed E-state index contributed by atoms with van der Waals surface area (Å²) in [7, 11) is 0. The van der Waals surface area contributed by atoms with Gasteiger partial charge in [0.1, 0.15) is 0 Å². The molecular formula is C19H31O6-. The first-order valence-corrected chi connectivity index (χ1v) is 9.18. The van der Waals surface area contributed by atoms with Gasteiger partial charge in [0.15, 0.2) is 6.10 Å². The van der Waals surface area contributed by atoms with Crippen molar-refractivity contribution in [2.75, 3.05) is 0 Å². The van der Waals surface area contributed by atoms with Crippen LogP contribution in [0.25, 0.3) is 0 Å². The number of ether oxygens (including phenoxy) is 1. The molecule has 25 heavy (non-hydrogen) atoms. The molecule has 0 radical (unpaired) electrons. The summed E-state index contributed by atoms with van der Waals surface area (Å²) < 4.78 is 4.74. The van der Waals surface area contributed by atoms with Gasteiger partial charge >= 0.3 is 11.9 Å². The van der Waals surface area contributed by atoms with Gasteiger partial charge in [-0.05, 0) is 19.8 Å². The van der Waals surface area contributed by atoms with Gasteiger partial charge in [0.2, 0.25) is 0 Å². The van der Waals surface area contributed by atoms with Crippen molar-refractivity contribution in [2.45, 2.75) is 84.2 Å². The van der Waals surface area contributed by atoms with Crippen LogP contribution in [0.2, 0.25) is 0 Å². The van der Waals surface area contributed by atoms with Crippen LogP contribution in [0.1, 0.15) is 78.1 Å². The second-order valence-electron chi connectivity index (χ2n) is 6.29. The first-order chi connectivity index (χ1) is 11.9. The van der Waals surface area contributed by atoms with Gasteiger partial charge in [-0.25, -0.2) is 4.79 Å². The molecule has 0 saturated heterocycles. The van der Waals surface area contributed by atoms with Crippen molar-refractivity contribution >= 4 is 17.9 Å². The number of carboxylic acids is 2. The lowest BCUT2D eigenvalue weighted by Gasteiger charge is -2.15. The topological polar surface area (TPSA) is 104 Å². The predicted octanol–water partition coefficient (Wildman–Crippen LogP) is 2.85. The molecule has 0 aromatic rings. The number of carboxylic acid groups (broad SMARTS) is 2. The third-order valence-electron chi connectivity index (χ3n) is 3.92. The number of unbranched alkanes of at least 4 members (excludes halogenated alkanes) is 8. The lowest BCUT2D eigenvalue weighted by molar-refractivity contribution is -0.306. The summed E-state index contributed by atoms with van der Waals surface area (Å²) >= 11 is 0. The highest BCUT2D eigenvalue weighted by Crippen LogP contribution is 2.13. The van der Waals surface area contributed by atoms with Crippen molar-refractivity contribution in [1.29, 1.82) is 0 Å². The molecule has 1 N–H and O–H groups in total. The fourth-order valence-electron chi connectivity index (χ4n) is 2.38. The SMILES string of the molecule is CCCCCCCCCCC=CC(CC(=O)[O-])C(=O)OC(C)C(=O)O. The zero-order valence-corrected chi connectivity index (χ0v) is 15.4. The van der Waals surface area contributed by atoms with Crippen molar-refractivity contribution in [1.82, 2.24) is 0 Å². The zero-order valence-electron chi connectivity index (χ0n) is 15.4. The molecule has 0 bridgehead atoms. The maximum Gasteiger partial charge on any atom is 0.344 e. The van der Waals surface area contributed by atoms with Gasteiger partial charge in [-0.3, -0.25) is 4.79 Å². The van der Waals surface area contributed by atoms with E-state index in [4.69, 9.17) is 9.84 Å². The molecule has 0 rings (SSSR count). The number of esters is 1. The van der Waals surface area contributed by atoms with Gasteiger partial charge in [-0.1, -0.05) is 64.0 Å². The second kappa shape index (κ2) is 14.5. The number of carbonyl (C=O) groups is 3. The van der Waals surface area contributed by atoms with E-state index in [9.17, 15) is 19.5 Å². The molecule has 0 spiro atoms. The van der Waals surface area contributed by atoms with Crippen LogP contribution in [0.3, 0.4) is 0 Å². The van der Waals surface area contributed by atoms with E-state index in [-0.39, 0.29) is 0 Å². The van der Waals surface area contributed by atoms with E-state index < -0.39 is 36.4 Å². The Morgan fingerprint density at radius 1 is 1.04 bits per heavy atom. The third-order valence-corrected chi connectivity index (χ3v) is 3.92. The molecule has 2 atom stereocenters. The van der Waals surface area contributed by atoms with Crippen LogP contribution in [-0.4, -0.2) is 29.1 Å². The van der Waals surface area contributed by atoms with Crippen LogP contribution in [0.15, 0.2) is 12.2 Å². The fraction of sp³-hybridized carbons (Fsp3) is 0.737. The average molecular weight is 355 g/mol. The number of hydrogen-bond donors (Lipinski definition) is 1. The number of aliphatic carboxylic acids is 2. The predicted molar refractivity (Wildman–Crippen MR) is 92.7 cm³/mol. The number of rotatable bonds is 15. The lowest BCUT2D eigenvalue weighted by atomic mass is 10.0. The molecule has 0 aromatic carbocycles. The molecule has 0 aromatic heterocycles. The van der Waals surface area contributed by atoms with Crippen molar-refractivity contribution in [3.63, 3.8) is 0 Å². The van der Waals surface area contributed by atoms with Crippen LogP contribution in [0.4, 0.5) is 0 Å². The standard InChI is InChI=1S/C19H32O6/c1-3-4-5-6-7-8-9-10-11-12-13-16(14-17(20)21)19(24)25-15(2)18(22)23/h12-13,15-16H,3-11,14H2,1-2H3,(H,20,21)(H,22,23)/p-1. The molecule has 0 aliphatic rings. The minimum atomic E-state index is -1.37. The molecule has 144 valence electrons. The van der Waals surface area contributed by atoms with Gasteiger partial charge in [0.05, 0.1) is 5.92 Å². The molecule has 6 heteroatoms. The second-order valence-corrected chi connectivity index (χ2v) is 6.29. The number of carbonyl (C=O) groups excluding carboxylic acids is 2. The van der Waals surface area contributed by atoms with E-state index >= 15 is 0 Å². The summed E-state index contributed by atoms with van der Waals surface area (Å²) in [4.78, 5) is 33.3. The van der Waals surface area contributed by atoms with Crippen LogP contribution < -0.4 is 5.11 Å². The van der Waals surface area contributed by atoms with Crippen molar-refractivity contribution in [2.24, 2.45) is 5.92 Å². The smallest absolute Gasteiger partial charge is 0.344 e. The van der Waals surface area contributed by atoms with Crippen LogP contribution in [-0.2, 0) is 19.1 Å². The van der Waals surface area contributed by atoms with E-state index in [1.807, 2.05) is 0 Å². The molecule has 2 unspecified atom stereocenters. The Morgan fingerprint density at radius 2 is 1.60 bits per heavy atom. The first-order valence-electron chi connectivity index (χ1n) is 9.18. The molecule has 0 aliphatic heterocycles. The van der Waals surface area contributed by atoms with Gasteiger partial charge in [-0.15, -0.1) is 0 Å². The van der Waals surface area contributed by atoms with E-state index in [0.29, 0.717) is 0 Å². The quantitative estimate of drug-likeness (QED) is 0.275. The Morgan fingerprint density at radius 3 is 2.12 bits per heavy atom. The molecule has 0 aliphatic carbocycles. The minimum Gasteiger partial charge on any atom is -0.550 e. The van der Waals surface area contributed by atoms with Crippen LogP contribution >= 0.6 is 0 Å². The van der Waals surface area contributed by atoms with E-state index in [2.05, 4.69) is 6.92 Å². The Hall–Kier alpha value is -1.85. The zero-order chi connectivity index (χ0) is 19.1. The maximum absolute atomic E-state index is 11.9. The Labute approximate surface area is 150 Å². The molecular weight excluding hydrogens is 324 g/mol. The van der Waals surface area contributed by atoms with Gasteiger partial charge in [-0.2, -0.15) is 0 Å². The average Bonchev–Trinajstić information content (AvgIpc) is 2.54. The molecule has 0 heterocycles. The summed E-state index contributed by atoms with van der Waals surface area (Å²) in [6.45, 7) is 3.42. The molecule has 6 nitrogen and oxygen atoms in total. The largest absolute Gasteiger partial charge is 0.550 e. The van der Waals surface area contributed by atoms with Crippen LogP contribution in [0, 0.1) is 5.92 Å². The minimum absolute atomic E-state index is 0.515. The summed E-state index contributed by atoms with van der Waals surface area (Å²) in [6, 6.07) is 0. The fourth-order valence-corrected chi connectivity index (χ4v) is 2.38. The highest BCUT2D eigenvalue weighted by atomic mass is 16.6. The summed E-state index contributed by atoms with van der Waals surface area (Å²) in [5.41, 5.74) is 0. The van der Waals surface area contributed by atoms with E-state index in [1.54, 1.807) is 6.08 Å². The van der Waals surface area contributed by atoms with Crippen LogP contribution in [0.5, 0.6) is 0 Å². The monoisotopic (exact) mass is 355 g/mol. The Balaban J connectivity index is 4.12. The highest BCUT2D eigenvalue weighted by Gasteiger charge is 2.22.